The van der Waals surface area contributed by atoms with Crippen LogP contribution in [0.25, 0.3) is 0 Å². The molecule has 0 radical (unpaired) electrons. The molecule has 1 N–H and O–H groups in total. The first-order valence-corrected chi connectivity index (χ1v) is 7.42. The number of hydrogen-bond donors (Lipinski definition) is 1. The first-order chi connectivity index (χ1) is 9.58. The van der Waals surface area contributed by atoms with Crippen LogP contribution >= 0.6 is 0 Å². The second-order valence-electron chi connectivity index (χ2n) is 5.81. The van der Waals surface area contributed by atoms with Gasteiger partial charge < -0.3 is 19.6 Å². The quantitative estimate of drug-likeness (QED) is 0.850. The number of amides is 2. The molecule has 114 valence electrons. The third-order valence-corrected chi connectivity index (χ3v) is 4.20. The lowest BCUT2D eigenvalue weighted by molar-refractivity contribution is -0.154. The van der Waals surface area contributed by atoms with E-state index in [2.05, 4.69) is 0 Å². The third-order valence-electron chi connectivity index (χ3n) is 4.20. The number of carbonyl (C=O) groups excluding carboxylic acids is 1. The summed E-state index contributed by atoms with van der Waals surface area (Å²) < 4.78 is 5.14. The van der Waals surface area contributed by atoms with Crippen LogP contribution in [0.1, 0.15) is 32.1 Å². The number of hydrogen-bond acceptors (Lipinski definition) is 3. The van der Waals surface area contributed by atoms with Gasteiger partial charge in [-0.3, -0.25) is 0 Å². The molecule has 0 spiro atoms. The highest BCUT2D eigenvalue weighted by Crippen LogP contribution is 2.24. The van der Waals surface area contributed by atoms with Gasteiger partial charge in [0.25, 0.3) is 0 Å². The molecule has 2 amide bonds. The smallest absolute Gasteiger partial charge is 0.334 e. The number of carbonyl (C=O) groups is 2. The number of morpholine rings is 1. The highest BCUT2D eigenvalue weighted by Gasteiger charge is 2.31. The molecule has 2 aliphatic rings. The second-order valence-corrected chi connectivity index (χ2v) is 5.81. The minimum atomic E-state index is -1.00. The van der Waals surface area contributed by atoms with Crippen molar-refractivity contribution >= 4 is 12.0 Å². The molecule has 1 aliphatic carbocycles. The Morgan fingerprint density at radius 2 is 2.00 bits per heavy atom. The summed E-state index contributed by atoms with van der Waals surface area (Å²) in [6.07, 6.45) is 5.31. The van der Waals surface area contributed by atoms with Gasteiger partial charge in [0.2, 0.25) is 0 Å². The summed E-state index contributed by atoms with van der Waals surface area (Å²) in [5, 5.41) is 8.96. The zero-order chi connectivity index (χ0) is 14.5. The number of rotatable bonds is 3. The van der Waals surface area contributed by atoms with Crippen molar-refractivity contribution in [2.24, 2.45) is 5.92 Å². The molecule has 0 bridgehead atoms. The van der Waals surface area contributed by atoms with Crippen molar-refractivity contribution < 1.29 is 19.4 Å². The average Bonchev–Trinajstić information content (AvgIpc) is 2.47. The Balaban J connectivity index is 1.84. The summed E-state index contributed by atoms with van der Waals surface area (Å²) in [4.78, 5) is 26.6. The highest BCUT2D eigenvalue weighted by atomic mass is 16.5. The van der Waals surface area contributed by atoms with Crippen molar-refractivity contribution in [2.75, 3.05) is 33.3 Å². The maximum Gasteiger partial charge on any atom is 0.334 e. The van der Waals surface area contributed by atoms with Crippen molar-refractivity contribution in [3.8, 4) is 0 Å². The molecular formula is C14H24N2O4. The summed E-state index contributed by atoms with van der Waals surface area (Å²) in [5.74, 6) is -0.411. The fourth-order valence-electron chi connectivity index (χ4n) is 3.05. The molecular weight excluding hydrogens is 260 g/mol. The van der Waals surface area contributed by atoms with E-state index in [-0.39, 0.29) is 12.6 Å². The van der Waals surface area contributed by atoms with Crippen molar-refractivity contribution in [3.05, 3.63) is 0 Å². The normalized spacial score (nSPS) is 24.4. The largest absolute Gasteiger partial charge is 0.479 e. The molecule has 2 rings (SSSR count). The topological polar surface area (TPSA) is 70.1 Å². The molecule has 6 heteroatoms. The lowest BCUT2D eigenvalue weighted by atomic mass is 9.89. The third kappa shape index (κ3) is 3.85. The maximum absolute atomic E-state index is 12.3. The van der Waals surface area contributed by atoms with Gasteiger partial charge in [-0.05, 0) is 18.8 Å². The van der Waals surface area contributed by atoms with Gasteiger partial charge in [0.1, 0.15) is 0 Å². The van der Waals surface area contributed by atoms with Crippen LogP contribution in [0.15, 0.2) is 0 Å². The molecule has 20 heavy (non-hydrogen) atoms. The first-order valence-electron chi connectivity index (χ1n) is 7.42. The number of ether oxygens (including phenoxy) is 1. The highest BCUT2D eigenvalue weighted by molar-refractivity contribution is 5.77. The number of carboxylic acid groups (broad SMARTS) is 1. The fourth-order valence-corrected chi connectivity index (χ4v) is 3.05. The van der Waals surface area contributed by atoms with Gasteiger partial charge in [0.05, 0.1) is 13.2 Å². The fraction of sp³-hybridized carbons (Fsp3) is 0.857. The van der Waals surface area contributed by atoms with Crippen LogP contribution in [0, 0.1) is 5.92 Å². The molecule has 1 heterocycles. The zero-order valence-corrected chi connectivity index (χ0v) is 12.1. The number of urea groups is 1. The first kappa shape index (κ1) is 15.1. The predicted molar refractivity (Wildman–Crippen MR) is 73.5 cm³/mol. The minimum absolute atomic E-state index is 0.0786. The van der Waals surface area contributed by atoms with Crippen molar-refractivity contribution in [1.82, 2.24) is 9.80 Å². The average molecular weight is 284 g/mol. The molecule has 6 nitrogen and oxygen atoms in total. The van der Waals surface area contributed by atoms with Gasteiger partial charge in [-0.25, -0.2) is 9.59 Å². The Labute approximate surface area is 119 Å². The summed E-state index contributed by atoms with van der Waals surface area (Å²) in [5.41, 5.74) is 0. The monoisotopic (exact) mass is 284 g/mol. The van der Waals surface area contributed by atoms with Crippen molar-refractivity contribution in [2.45, 2.75) is 38.2 Å². The Morgan fingerprint density at radius 3 is 2.65 bits per heavy atom. The van der Waals surface area contributed by atoms with Gasteiger partial charge in [-0.1, -0.05) is 19.3 Å². The predicted octanol–water partition coefficient (Wildman–Crippen LogP) is 1.40. The molecule has 1 aliphatic heterocycles. The van der Waals surface area contributed by atoms with Gasteiger partial charge in [-0.15, -0.1) is 0 Å². The van der Waals surface area contributed by atoms with E-state index in [1.165, 1.54) is 32.1 Å². The summed E-state index contributed by atoms with van der Waals surface area (Å²) >= 11 is 0. The molecule has 0 aromatic rings. The molecule has 0 aromatic carbocycles. The van der Waals surface area contributed by atoms with Crippen LogP contribution in [0.2, 0.25) is 0 Å². The molecule has 2 fully saturated rings. The van der Waals surface area contributed by atoms with Crippen LogP contribution in [-0.2, 0) is 9.53 Å². The Kier molecular flexibility index (Phi) is 5.23. The van der Waals surface area contributed by atoms with Crippen LogP contribution in [-0.4, -0.2) is 66.3 Å². The van der Waals surface area contributed by atoms with Crippen LogP contribution < -0.4 is 0 Å². The van der Waals surface area contributed by atoms with Gasteiger partial charge in [-0.2, -0.15) is 0 Å². The van der Waals surface area contributed by atoms with E-state index in [9.17, 15) is 9.59 Å². The van der Waals surface area contributed by atoms with Gasteiger partial charge >= 0.3 is 12.0 Å². The number of carboxylic acids is 1. The zero-order valence-electron chi connectivity index (χ0n) is 12.1. The summed E-state index contributed by atoms with van der Waals surface area (Å²) in [6, 6.07) is -0.0786. The van der Waals surface area contributed by atoms with E-state index in [4.69, 9.17) is 9.84 Å². The molecule has 1 saturated heterocycles. The lowest BCUT2D eigenvalue weighted by Crippen LogP contribution is -2.52. The summed E-state index contributed by atoms with van der Waals surface area (Å²) in [6.45, 7) is 1.68. The van der Waals surface area contributed by atoms with E-state index >= 15 is 0 Å². The van der Waals surface area contributed by atoms with Crippen LogP contribution in [0.5, 0.6) is 0 Å². The Hall–Kier alpha value is -1.30. The van der Waals surface area contributed by atoms with E-state index in [0.717, 1.165) is 6.54 Å². The standard InChI is InChI=1S/C14H24N2O4/c1-15(9-11-5-3-2-4-6-11)14(19)16-7-8-20-12(10-16)13(17)18/h11-12H,2-10H2,1H3,(H,17,18). The Bertz CT molecular complexity index is 355. The van der Waals surface area contributed by atoms with E-state index in [0.29, 0.717) is 19.1 Å². The number of nitrogens with zero attached hydrogens (tertiary/aromatic N) is 2. The maximum atomic E-state index is 12.3. The van der Waals surface area contributed by atoms with Gasteiger partial charge in [0, 0.05) is 20.1 Å². The summed E-state index contributed by atoms with van der Waals surface area (Å²) in [7, 11) is 1.81. The van der Waals surface area contributed by atoms with Gasteiger partial charge in [0.15, 0.2) is 6.10 Å². The number of aliphatic carboxylic acids is 1. The van der Waals surface area contributed by atoms with Crippen molar-refractivity contribution in [3.63, 3.8) is 0 Å². The van der Waals surface area contributed by atoms with E-state index < -0.39 is 12.1 Å². The minimum Gasteiger partial charge on any atom is -0.479 e. The molecule has 0 aromatic heterocycles. The van der Waals surface area contributed by atoms with E-state index in [1.54, 1.807) is 9.80 Å². The van der Waals surface area contributed by atoms with Crippen LogP contribution in [0.4, 0.5) is 4.79 Å². The van der Waals surface area contributed by atoms with Crippen molar-refractivity contribution in [1.29, 1.82) is 0 Å². The molecule has 1 saturated carbocycles. The Morgan fingerprint density at radius 1 is 1.30 bits per heavy atom. The molecule has 1 unspecified atom stereocenters. The lowest BCUT2D eigenvalue weighted by Gasteiger charge is -2.35. The van der Waals surface area contributed by atoms with E-state index in [1.807, 2.05) is 7.05 Å². The SMILES string of the molecule is CN(CC1CCCCC1)C(=O)N1CCOC(C(=O)O)C1. The second kappa shape index (κ2) is 6.92. The molecule has 1 atom stereocenters. The van der Waals surface area contributed by atoms with Crippen LogP contribution in [0.3, 0.4) is 0 Å².